The average Bonchev–Trinajstić information content (AvgIpc) is 3.76. The van der Waals surface area contributed by atoms with Crippen LogP contribution >= 0.6 is 0 Å². The molecule has 0 unspecified atom stereocenters. The number of hydrogen-bond acceptors (Lipinski definition) is 6. The minimum atomic E-state index is -2.29. The van der Waals surface area contributed by atoms with Gasteiger partial charge in [0.15, 0.2) is 0 Å². The number of carbonyl (C=O) groups excluding carboxylic acids is 2. The fourth-order valence-electron chi connectivity index (χ4n) is 8.12. The van der Waals surface area contributed by atoms with Crippen LogP contribution in [-0.4, -0.2) is 90.0 Å². The number of amides is 2. The number of aliphatic hydroxyl groups is 1. The van der Waals surface area contributed by atoms with E-state index < -0.39 is 11.8 Å². The van der Waals surface area contributed by atoms with Gasteiger partial charge < -0.3 is 20.6 Å². The van der Waals surface area contributed by atoms with Crippen LogP contribution in [0.25, 0.3) is 10.9 Å². The smallest absolute Gasteiger partial charge is 0.251 e. The zero-order chi connectivity index (χ0) is 32.7. The third-order valence-corrected chi connectivity index (χ3v) is 11.2. The highest BCUT2D eigenvalue weighted by molar-refractivity contribution is 5.98. The summed E-state index contributed by atoms with van der Waals surface area (Å²) >= 11 is 0. The molecule has 2 aliphatic carbocycles. The fourth-order valence-corrected chi connectivity index (χ4v) is 8.12. The Hall–Kier alpha value is -3.47. The van der Waals surface area contributed by atoms with Crippen molar-refractivity contribution >= 4 is 22.7 Å². The topological polar surface area (TPSA) is 97.8 Å². The van der Waals surface area contributed by atoms with Crippen molar-refractivity contribution < 1.29 is 23.5 Å². The summed E-state index contributed by atoms with van der Waals surface area (Å²) in [6.45, 7) is 3.38. The summed E-state index contributed by atoms with van der Waals surface area (Å²) in [5, 5.41) is 17.0. The number of nitrogens with one attached hydrogen (secondary N) is 2. The van der Waals surface area contributed by atoms with Crippen LogP contribution in [0.2, 0.25) is 0 Å². The largest absolute Gasteiger partial charge is 0.395 e. The molecule has 3 heterocycles. The van der Waals surface area contributed by atoms with Crippen LogP contribution in [0.5, 0.6) is 0 Å². The molecule has 2 amide bonds. The highest BCUT2D eigenvalue weighted by Crippen LogP contribution is 2.59. The van der Waals surface area contributed by atoms with Crippen molar-refractivity contribution in [3.8, 4) is 0 Å². The first-order valence-corrected chi connectivity index (χ1v) is 17.2. The van der Waals surface area contributed by atoms with Gasteiger partial charge in [-0.05, 0) is 118 Å². The van der Waals surface area contributed by atoms with E-state index in [2.05, 4.69) is 20.4 Å². The number of nitrogens with zero attached hydrogens (tertiary/aromatic N) is 3. The second kappa shape index (κ2) is 13.2. The minimum Gasteiger partial charge on any atom is -0.395 e. The van der Waals surface area contributed by atoms with Gasteiger partial charge in [0.1, 0.15) is 0 Å². The van der Waals surface area contributed by atoms with E-state index in [4.69, 9.17) is 4.98 Å². The molecule has 0 radical (unpaired) electrons. The number of likely N-dealkylation sites (tertiary alicyclic amines) is 2. The summed E-state index contributed by atoms with van der Waals surface area (Å²) < 4.78 is 27.8. The summed E-state index contributed by atoms with van der Waals surface area (Å²) in [5.74, 6) is -0.381. The zero-order valence-electron chi connectivity index (χ0n) is 27.1. The number of likely N-dealkylation sites (N-methyl/N-ethyl adjacent to an activating group) is 1. The van der Waals surface area contributed by atoms with Gasteiger partial charge in [-0.15, -0.1) is 0 Å². The van der Waals surface area contributed by atoms with E-state index in [1.165, 1.54) is 0 Å². The number of halogens is 2. The normalized spacial score (nSPS) is 23.3. The van der Waals surface area contributed by atoms with E-state index in [1.807, 2.05) is 43.4 Å². The number of aliphatic hydroxyl groups excluding tert-OH is 1. The van der Waals surface area contributed by atoms with Gasteiger partial charge in [0.2, 0.25) is 6.43 Å². The molecule has 47 heavy (non-hydrogen) atoms. The van der Waals surface area contributed by atoms with Gasteiger partial charge in [-0.1, -0.05) is 12.1 Å². The van der Waals surface area contributed by atoms with Crippen LogP contribution in [-0.2, 0) is 12.8 Å². The van der Waals surface area contributed by atoms with Crippen molar-refractivity contribution in [1.29, 1.82) is 0 Å². The van der Waals surface area contributed by atoms with Gasteiger partial charge in [-0.2, -0.15) is 0 Å². The van der Waals surface area contributed by atoms with E-state index in [1.54, 1.807) is 12.1 Å². The first-order valence-electron chi connectivity index (χ1n) is 17.2. The predicted molar refractivity (Wildman–Crippen MR) is 177 cm³/mol. The quantitative estimate of drug-likeness (QED) is 0.279. The van der Waals surface area contributed by atoms with Crippen molar-refractivity contribution in [2.24, 2.45) is 11.3 Å². The van der Waals surface area contributed by atoms with E-state index >= 15 is 0 Å². The van der Waals surface area contributed by atoms with Crippen molar-refractivity contribution in [1.82, 2.24) is 25.4 Å². The Bertz CT molecular complexity index is 1640. The number of benzene rings is 2. The second-order valence-corrected chi connectivity index (χ2v) is 14.3. The van der Waals surface area contributed by atoms with Gasteiger partial charge in [0.05, 0.1) is 24.2 Å². The summed E-state index contributed by atoms with van der Waals surface area (Å²) in [7, 11) is 2.02. The van der Waals surface area contributed by atoms with Crippen molar-refractivity contribution in [3.63, 3.8) is 0 Å². The first kappa shape index (κ1) is 32.1. The lowest BCUT2D eigenvalue weighted by Crippen LogP contribution is -2.57. The molecular formula is C37H45F2N5O3. The average molecular weight is 646 g/mol. The standard InChI is InChI=1S/C37H45F2N5O3/c1-43-20-29(21-43)40-34(46)24-5-2-4-23(16-24)33(11-15-44-14-3-6-30(44)22-45)42-35(47)25-7-9-31-26(17-25)18-27-19-28(8-10-32(27)41-31)37(12-13-37)36(38)39/h2,4-5,7,9,16-18,28-30,33,36,45H,3,6,8,10-15,19-22H2,1H3,(H,40,46)(H,42,47)/t28-,30-,33+/m0/s1. The highest BCUT2D eigenvalue weighted by Gasteiger charge is 2.56. The molecule has 2 aromatic carbocycles. The lowest BCUT2D eigenvalue weighted by molar-refractivity contribution is 0.0200. The maximum absolute atomic E-state index is 13.9. The molecule has 3 fully saturated rings. The minimum absolute atomic E-state index is 0.0320. The maximum Gasteiger partial charge on any atom is 0.251 e. The molecule has 3 atom stereocenters. The molecule has 3 N–H and O–H groups in total. The van der Waals surface area contributed by atoms with Crippen LogP contribution in [0.3, 0.4) is 0 Å². The van der Waals surface area contributed by atoms with Crippen LogP contribution in [0.15, 0.2) is 48.5 Å². The summed E-state index contributed by atoms with van der Waals surface area (Å²) in [5.41, 5.74) is 3.88. The number of rotatable bonds is 11. The monoisotopic (exact) mass is 645 g/mol. The Kier molecular flexibility index (Phi) is 9.02. The third-order valence-electron chi connectivity index (χ3n) is 11.2. The number of pyridine rings is 1. The summed E-state index contributed by atoms with van der Waals surface area (Å²) in [6, 6.07) is 14.9. The third kappa shape index (κ3) is 6.65. The van der Waals surface area contributed by atoms with Gasteiger partial charge in [-0.3, -0.25) is 19.5 Å². The Morgan fingerprint density at radius 2 is 1.87 bits per heavy atom. The number of fused-ring (bicyclic) bond motifs is 2. The Balaban J connectivity index is 1.10. The molecule has 1 saturated carbocycles. The number of aryl methyl sites for hydroxylation is 1. The van der Waals surface area contributed by atoms with E-state index in [-0.39, 0.29) is 42.5 Å². The predicted octanol–water partition coefficient (Wildman–Crippen LogP) is 4.75. The molecule has 8 nitrogen and oxygen atoms in total. The van der Waals surface area contributed by atoms with Crippen LogP contribution in [0.4, 0.5) is 8.78 Å². The van der Waals surface area contributed by atoms with Crippen molar-refractivity contribution in [3.05, 3.63) is 76.5 Å². The Morgan fingerprint density at radius 1 is 1.06 bits per heavy atom. The molecule has 0 spiro atoms. The number of carbonyl (C=O) groups is 2. The molecule has 4 aliphatic rings. The lowest BCUT2D eigenvalue weighted by atomic mass is 9.76. The molecule has 10 heteroatoms. The highest BCUT2D eigenvalue weighted by atomic mass is 19.3. The number of hydrogen-bond donors (Lipinski definition) is 3. The summed E-state index contributed by atoms with van der Waals surface area (Å²) in [4.78, 5) is 36.2. The SMILES string of the molecule is CN1CC(NC(=O)c2cccc([C@@H](CCN3CCC[C@H]3CO)NC(=O)c3ccc4nc5c(cc4c3)C[C@@H](C3(C(F)F)CC3)CC5)c2)C1. The lowest BCUT2D eigenvalue weighted by Gasteiger charge is -2.36. The van der Waals surface area contributed by atoms with E-state index in [9.17, 15) is 23.5 Å². The molecule has 2 saturated heterocycles. The molecule has 2 aliphatic heterocycles. The van der Waals surface area contributed by atoms with E-state index in [0.717, 1.165) is 66.6 Å². The first-order chi connectivity index (χ1) is 22.7. The molecule has 3 aromatic rings. The van der Waals surface area contributed by atoms with Crippen molar-refractivity contribution in [2.75, 3.05) is 39.8 Å². The van der Waals surface area contributed by atoms with Gasteiger partial charge >= 0.3 is 0 Å². The number of aromatic nitrogens is 1. The second-order valence-electron chi connectivity index (χ2n) is 14.3. The maximum atomic E-state index is 13.9. The van der Waals surface area contributed by atoms with Gasteiger partial charge in [0.25, 0.3) is 11.8 Å². The van der Waals surface area contributed by atoms with Gasteiger partial charge in [-0.25, -0.2) is 8.78 Å². The Morgan fingerprint density at radius 3 is 2.62 bits per heavy atom. The molecule has 1 aromatic heterocycles. The van der Waals surface area contributed by atoms with Crippen LogP contribution in [0.1, 0.15) is 82.1 Å². The van der Waals surface area contributed by atoms with Crippen molar-refractivity contribution in [2.45, 2.75) is 75.9 Å². The molecule has 250 valence electrons. The fraction of sp³-hybridized carbons (Fsp3) is 0.541. The molecular weight excluding hydrogens is 600 g/mol. The molecule has 7 rings (SSSR count). The van der Waals surface area contributed by atoms with E-state index in [0.29, 0.717) is 49.8 Å². The summed E-state index contributed by atoms with van der Waals surface area (Å²) in [6.07, 6.45) is 3.58. The zero-order valence-corrected chi connectivity index (χ0v) is 27.1. The molecule has 0 bridgehead atoms. The number of alkyl halides is 2. The van der Waals surface area contributed by atoms with Gasteiger partial charge in [0, 0.05) is 53.3 Å². The Labute approximate surface area is 274 Å². The van der Waals surface area contributed by atoms with Crippen LogP contribution < -0.4 is 10.6 Å². The van der Waals surface area contributed by atoms with Crippen LogP contribution in [0, 0.1) is 11.3 Å².